The van der Waals surface area contributed by atoms with Crippen LogP contribution in [-0.4, -0.2) is 12.5 Å². The zero-order chi connectivity index (χ0) is 16.1. The van der Waals surface area contributed by atoms with Gasteiger partial charge in [0.25, 0.3) is 5.91 Å². The number of allylic oxidation sites excluding steroid dienone is 3. The highest BCUT2D eigenvalue weighted by Crippen LogP contribution is 2.26. The predicted octanol–water partition coefficient (Wildman–Crippen LogP) is 3.58. The molecule has 22 heavy (non-hydrogen) atoms. The van der Waals surface area contributed by atoms with Crippen molar-refractivity contribution in [1.29, 1.82) is 0 Å². The molecule has 118 valence electrons. The Morgan fingerprint density at radius 2 is 2.14 bits per heavy atom. The van der Waals surface area contributed by atoms with Crippen LogP contribution >= 0.6 is 0 Å². The SMILES string of the molecule is CC(C)C1C=CC([C@H](C)CNC(=O)c2cccc([SH2+])c2)=CC1. The summed E-state index contributed by atoms with van der Waals surface area (Å²) in [6, 6.07) is 7.46. The minimum absolute atomic E-state index is 0.0209. The Morgan fingerprint density at radius 1 is 1.36 bits per heavy atom. The minimum Gasteiger partial charge on any atom is -0.351 e. The van der Waals surface area contributed by atoms with Crippen molar-refractivity contribution in [1.82, 2.24) is 5.32 Å². The maximum absolute atomic E-state index is 12.2. The van der Waals surface area contributed by atoms with Gasteiger partial charge in [0.05, 0.1) is 0 Å². The van der Waals surface area contributed by atoms with Gasteiger partial charge < -0.3 is 5.32 Å². The van der Waals surface area contributed by atoms with Gasteiger partial charge in [-0.2, -0.15) is 0 Å². The second-order valence-electron chi connectivity index (χ2n) is 6.40. The van der Waals surface area contributed by atoms with Gasteiger partial charge in [0.1, 0.15) is 0 Å². The lowest BCUT2D eigenvalue weighted by Gasteiger charge is -2.22. The van der Waals surface area contributed by atoms with E-state index >= 15 is 0 Å². The Bertz CT molecular complexity index is 589. The van der Waals surface area contributed by atoms with Crippen molar-refractivity contribution < 1.29 is 4.79 Å². The van der Waals surface area contributed by atoms with E-state index in [1.165, 1.54) is 5.57 Å². The van der Waals surface area contributed by atoms with E-state index in [-0.39, 0.29) is 5.91 Å². The van der Waals surface area contributed by atoms with Gasteiger partial charge in [-0.15, -0.1) is 0 Å². The summed E-state index contributed by atoms with van der Waals surface area (Å²) >= 11 is 3.44. The molecule has 3 heteroatoms. The van der Waals surface area contributed by atoms with Gasteiger partial charge in [0.15, 0.2) is 4.90 Å². The molecule has 1 aromatic rings. The number of hydrogen-bond acceptors (Lipinski definition) is 1. The van der Waals surface area contributed by atoms with Crippen LogP contribution in [0.4, 0.5) is 0 Å². The van der Waals surface area contributed by atoms with Crippen molar-refractivity contribution in [3.8, 4) is 0 Å². The smallest absolute Gasteiger partial charge is 0.251 e. The molecule has 2 rings (SSSR count). The van der Waals surface area contributed by atoms with Gasteiger partial charge in [-0.05, 0) is 54.5 Å². The molecular weight excluding hydrogens is 290 g/mol. The van der Waals surface area contributed by atoms with Crippen molar-refractivity contribution in [2.45, 2.75) is 32.1 Å². The second kappa shape index (κ2) is 7.68. The molecule has 1 N–H and O–H groups in total. The monoisotopic (exact) mass is 316 g/mol. The molecule has 1 aliphatic rings. The van der Waals surface area contributed by atoms with E-state index in [1.54, 1.807) is 0 Å². The van der Waals surface area contributed by atoms with Crippen LogP contribution in [0.2, 0.25) is 0 Å². The highest BCUT2D eigenvalue weighted by molar-refractivity contribution is 7.58. The lowest BCUT2D eigenvalue weighted by molar-refractivity contribution is 0.0950. The Kier molecular flexibility index (Phi) is 5.90. The third kappa shape index (κ3) is 4.51. The van der Waals surface area contributed by atoms with E-state index in [9.17, 15) is 4.79 Å². The van der Waals surface area contributed by atoms with E-state index in [0.717, 1.165) is 11.3 Å². The third-order valence-electron chi connectivity index (χ3n) is 4.28. The predicted molar refractivity (Wildman–Crippen MR) is 96.5 cm³/mol. The summed E-state index contributed by atoms with van der Waals surface area (Å²) in [6.07, 6.45) is 7.96. The molecule has 1 aromatic carbocycles. The maximum Gasteiger partial charge on any atom is 0.251 e. The Balaban J connectivity index is 1.87. The fourth-order valence-corrected chi connectivity index (χ4v) is 2.89. The zero-order valence-electron chi connectivity index (χ0n) is 13.6. The highest BCUT2D eigenvalue weighted by atomic mass is 32.1. The average molecular weight is 316 g/mol. The lowest BCUT2D eigenvalue weighted by Crippen LogP contribution is -2.29. The van der Waals surface area contributed by atoms with E-state index in [1.807, 2.05) is 24.3 Å². The molecule has 0 spiro atoms. The highest BCUT2D eigenvalue weighted by Gasteiger charge is 2.16. The summed E-state index contributed by atoms with van der Waals surface area (Å²) in [6.45, 7) is 7.34. The molecule has 0 heterocycles. The summed E-state index contributed by atoms with van der Waals surface area (Å²) in [7, 11) is 0. The van der Waals surface area contributed by atoms with Crippen LogP contribution in [0.3, 0.4) is 0 Å². The van der Waals surface area contributed by atoms with Crippen LogP contribution in [0.5, 0.6) is 0 Å². The zero-order valence-corrected chi connectivity index (χ0v) is 14.6. The Labute approximate surface area is 139 Å². The van der Waals surface area contributed by atoms with Crippen molar-refractivity contribution in [2.24, 2.45) is 17.8 Å². The molecule has 1 aliphatic carbocycles. The number of carbonyl (C=O) groups is 1. The molecule has 2 atom stereocenters. The number of carbonyl (C=O) groups excluding carboxylic acids is 1. The van der Waals surface area contributed by atoms with Crippen LogP contribution in [-0.2, 0) is 12.6 Å². The van der Waals surface area contributed by atoms with Crippen LogP contribution in [0.1, 0.15) is 37.6 Å². The van der Waals surface area contributed by atoms with Gasteiger partial charge in [-0.25, -0.2) is 0 Å². The fraction of sp³-hybridized carbons (Fsp3) is 0.421. The molecule has 1 unspecified atom stereocenters. The first-order chi connectivity index (χ1) is 10.5. The van der Waals surface area contributed by atoms with Crippen molar-refractivity contribution >= 4 is 18.5 Å². The van der Waals surface area contributed by atoms with E-state index in [2.05, 4.69) is 56.9 Å². The second-order valence-corrected chi connectivity index (χ2v) is 6.98. The largest absolute Gasteiger partial charge is 0.351 e. The van der Waals surface area contributed by atoms with Crippen LogP contribution in [0, 0.1) is 17.8 Å². The standard InChI is InChI=1S/C19H25NOS/c1-13(2)15-7-9-16(10-8-15)14(3)12-20-19(21)17-5-4-6-18(22)11-17/h4-7,9-11,13-15,22H,8,12H2,1-3H3,(H,20,21)/p+1/t14-,15?/m1/s1. The molecule has 0 saturated carbocycles. The van der Waals surface area contributed by atoms with Crippen molar-refractivity contribution in [3.05, 3.63) is 53.6 Å². The summed E-state index contributed by atoms with van der Waals surface area (Å²) in [4.78, 5) is 13.1. The van der Waals surface area contributed by atoms with Crippen LogP contribution in [0.15, 0.2) is 53.0 Å². The summed E-state index contributed by atoms with van der Waals surface area (Å²) in [5.74, 6) is 1.64. The normalized spacial score (nSPS) is 19.0. The molecular formula is C19H26NOS+. The molecule has 0 aliphatic heterocycles. The number of hydrogen-bond donors (Lipinski definition) is 1. The van der Waals surface area contributed by atoms with Crippen LogP contribution in [0.25, 0.3) is 0 Å². The molecule has 0 bridgehead atoms. The number of nitrogens with one attached hydrogen (secondary N) is 1. The average Bonchev–Trinajstić information content (AvgIpc) is 2.52. The molecule has 0 saturated heterocycles. The van der Waals surface area contributed by atoms with Crippen molar-refractivity contribution in [2.75, 3.05) is 6.54 Å². The quantitative estimate of drug-likeness (QED) is 0.827. The summed E-state index contributed by atoms with van der Waals surface area (Å²) in [5.41, 5.74) is 2.01. The van der Waals surface area contributed by atoms with Gasteiger partial charge in [0.2, 0.25) is 0 Å². The topological polar surface area (TPSA) is 29.1 Å². The molecule has 1 amide bonds. The molecule has 0 aromatic heterocycles. The third-order valence-corrected chi connectivity index (χ3v) is 4.59. The van der Waals surface area contributed by atoms with E-state index < -0.39 is 0 Å². The number of rotatable bonds is 5. The Morgan fingerprint density at radius 3 is 2.73 bits per heavy atom. The summed E-state index contributed by atoms with van der Waals surface area (Å²) in [5, 5.41) is 3.02. The van der Waals surface area contributed by atoms with Gasteiger partial charge in [-0.1, -0.05) is 45.1 Å². The molecule has 2 nitrogen and oxygen atoms in total. The molecule has 0 radical (unpaired) electrons. The molecule has 0 fully saturated rings. The van der Waals surface area contributed by atoms with Gasteiger partial charge in [-0.3, -0.25) is 4.79 Å². The first-order valence-electron chi connectivity index (χ1n) is 7.95. The number of benzene rings is 1. The van der Waals surface area contributed by atoms with Gasteiger partial charge in [0, 0.05) is 18.2 Å². The first-order valence-corrected chi connectivity index (χ1v) is 8.45. The maximum atomic E-state index is 12.2. The number of amides is 1. The Hall–Kier alpha value is -1.48. The van der Waals surface area contributed by atoms with E-state index in [0.29, 0.717) is 29.9 Å². The minimum atomic E-state index is -0.0209. The van der Waals surface area contributed by atoms with Crippen molar-refractivity contribution in [3.63, 3.8) is 0 Å². The van der Waals surface area contributed by atoms with Crippen LogP contribution < -0.4 is 5.32 Å². The summed E-state index contributed by atoms with van der Waals surface area (Å²) < 4.78 is 0. The van der Waals surface area contributed by atoms with Gasteiger partial charge >= 0.3 is 0 Å². The van der Waals surface area contributed by atoms with E-state index in [4.69, 9.17) is 0 Å². The first kappa shape index (κ1) is 16.9. The lowest BCUT2D eigenvalue weighted by atomic mass is 9.85. The fourth-order valence-electron chi connectivity index (χ4n) is 2.64.